The molecule has 3 aliphatic carbocycles. The summed E-state index contributed by atoms with van der Waals surface area (Å²) in [5.41, 5.74) is 4.62. The molecule has 11 heteroatoms. The summed E-state index contributed by atoms with van der Waals surface area (Å²) >= 11 is 0. The number of carbonyl (C=O) groups is 5. The Kier molecular flexibility index (Phi) is 8.02. The minimum absolute atomic E-state index is 0.00127. The molecular weight excluding hydrogens is 554 g/mol. The van der Waals surface area contributed by atoms with Crippen molar-refractivity contribution in [3.05, 3.63) is 47.5 Å². The number of fused-ring (bicyclic) bond motifs is 3. The van der Waals surface area contributed by atoms with Gasteiger partial charge in [0.2, 0.25) is 5.91 Å². The number of carbonyl (C=O) groups excluding carboxylic acids is 5. The van der Waals surface area contributed by atoms with Crippen LogP contribution in [0.2, 0.25) is 0 Å². The van der Waals surface area contributed by atoms with Crippen molar-refractivity contribution in [2.45, 2.75) is 30.9 Å². The maximum Gasteiger partial charge on any atom is 0.235 e. The first-order valence-electron chi connectivity index (χ1n) is 14.4. The Hall–Kier alpha value is -3.93. The molecule has 0 spiro atoms. The Labute approximate surface area is 249 Å². The van der Waals surface area contributed by atoms with Crippen LogP contribution in [0.3, 0.4) is 0 Å². The summed E-state index contributed by atoms with van der Waals surface area (Å²) < 4.78 is 5.84. The topological polar surface area (TPSA) is 168 Å². The zero-order valence-corrected chi connectivity index (χ0v) is 24.7. The van der Waals surface area contributed by atoms with Crippen LogP contribution in [0.15, 0.2) is 36.4 Å². The number of phenols is 1. The van der Waals surface area contributed by atoms with E-state index < -0.39 is 64.4 Å². The molecule has 0 heterocycles. The predicted molar refractivity (Wildman–Crippen MR) is 155 cm³/mol. The third-order valence-electron chi connectivity index (χ3n) is 9.13. The zero-order chi connectivity index (χ0) is 31.4. The first-order valence-corrected chi connectivity index (χ1v) is 14.4. The normalized spacial score (nSPS) is 28.5. The molecule has 0 radical (unpaired) electrons. The molecule has 43 heavy (non-hydrogen) atoms. The number of amides is 1. The van der Waals surface area contributed by atoms with Crippen molar-refractivity contribution < 1.29 is 38.9 Å². The van der Waals surface area contributed by atoms with Gasteiger partial charge in [-0.25, -0.2) is 0 Å². The van der Waals surface area contributed by atoms with Crippen molar-refractivity contribution in [2.75, 3.05) is 41.3 Å². The number of hydrogen-bond donors (Lipinski definition) is 3. The quantitative estimate of drug-likeness (QED) is 0.296. The first-order chi connectivity index (χ1) is 20.3. The highest BCUT2D eigenvalue weighted by molar-refractivity contribution is 6.32. The molecule has 0 saturated heterocycles. The van der Waals surface area contributed by atoms with Crippen molar-refractivity contribution in [1.82, 2.24) is 9.80 Å². The fourth-order valence-corrected chi connectivity index (χ4v) is 7.18. The number of rotatable bonds is 8. The van der Waals surface area contributed by atoms with Gasteiger partial charge in [0.15, 0.2) is 34.7 Å². The van der Waals surface area contributed by atoms with Crippen LogP contribution < -0.4 is 10.5 Å². The van der Waals surface area contributed by atoms with Crippen molar-refractivity contribution >= 4 is 29.0 Å². The standard InChI is InChI=1S/C32H37N3O8/c1-34(2)12-5-13-43-18-8-6-16(7-9-18)19-10-11-22(36)24-20(19)14-17-15-21-26(35(3)4)28(38)25(31(33)41)30(40)32(21,42)29(39)23(17)27(24)37/h6-11,17,21,23,25-26,36,42H,5,12-15H2,1-4H3,(H2,33,41)/t17-,21-,23?,25?,26-,32-/m0/s1. The van der Waals surface area contributed by atoms with E-state index >= 15 is 0 Å². The lowest BCUT2D eigenvalue weighted by molar-refractivity contribution is -0.181. The smallest absolute Gasteiger partial charge is 0.235 e. The monoisotopic (exact) mass is 591 g/mol. The van der Waals surface area contributed by atoms with Crippen LogP contribution in [0.4, 0.5) is 0 Å². The summed E-state index contributed by atoms with van der Waals surface area (Å²) in [4.78, 5) is 70.3. The van der Waals surface area contributed by atoms with Crippen LogP contribution in [-0.2, 0) is 25.6 Å². The molecule has 6 atom stereocenters. The van der Waals surface area contributed by atoms with Gasteiger partial charge >= 0.3 is 0 Å². The lowest BCUT2D eigenvalue weighted by atomic mass is 9.52. The summed E-state index contributed by atoms with van der Waals surface area (Å²) in [6.45, 7) is 1.46. The molecule has 5 rings (SSSR count). The number of benzene rings is 2. The molecule has 2 fully saturated rings. The second-order valence-corrected chi connectivity index (χ2v) is 12.3. The second kappa shape index (κ2) is 11.3. The largest absolute Gasteiger partial charge is 0.507 e. The average Bonchev–Trinajstić information content (AvgIpc) is 2.93. The molecule has 3 aliphatic rings. The van der Waals surface area contributed by atoms with Crippen molar-refractivity contribution in [2.24, 2.45) is 29.4 Å². The SMILES string of the molecule is CN(C)CCCOc1ccc(-c2ccc(O)c3c2C[C@H]2C[C@H]4[C@H](N(C)C)C(=O)C(C(N)=O)C(=O)[C@@]4(O)C(=O)C2C3=O)cc1. The maximum absolute atomic E-state index is 14.0. The summed E-state index contributed by atoms with van der Waals surface area (Å²) in [5.74, 6) is -9.93. The highest BCUT2D eigenvalue weighted by atomic mass is 16.5. The van der Waals surface area contributed by atoms with E-state index in [1.807, 2.05) is 38.4 Å². The summed E-state index contributed by atoms with van der Waals surface area (Å²) in [5, 5.41) is 22.5. The summed E-state index contributed by atoms with van der Waals surface area (Å²) in [6, 6.07) is 9.34. The molecule has 0 bridgehead atoms. The van der Waals surface area contributed by atoms with Crippen LogP contribution in [0.5, 0.6) is 11.5 Å². The Morgan fingerprint density at radius 1 is 1.02 bits per heavy atom. The van der Waals surface area contributed by atoms with Gasteiger partial charge in [-0.2, -0.15) is 0 Å². The van der Waals surface area contributed by atoms with Gasteiger partial charge in [0.25, 0.3) is 0 Å². The maximum atomic E-state index is 14.0. The van der Waals surface area contributed by atoms with Crippen LogP contribution >= 0.6 is 0 Å². The van der Waals surface area contributed by atoms with E-state index in [2.05, 4.69) is 4.90 Å². The van der Waals surface area contributed by atoms with Gasteiger partial charge in [-0.1, -0.05) is 18.2 Å². The molecule has 2 unspecified atom stereocenters. The number of primary amides is 1. The lowest BCUT2D eigenvalue weighted by Gasteiger charge is -2.52. The third-order valence-corrected chi connectivity index (χ3v) is 9.13. The van der Waals surface area contributed by atoms with Gasteiger partial charge in [-0.05, 0) is 88.3 Å². The first kappa shape index (κ1) is 30.5. The number of hydrogen-bond acceptors (Lipinski definition) is 10. The number of ketones is 4. The van der Waals surface area contributed by atoms with Gasteiger partial charge in [-0.3, -0.25) is 28.9 Å². The molecule has 0 aliphatic heterocycles. The van der Waals surface area contributed by atoms with Crippen LogP contribution in [0.1, 0.15) is 28.8 Å². The minimum Gasteiger partial charge on any atom is -0.507 e. The van der Waals surface area contributed by atoms with Gasteiger partial charge in [0.05, 0.1) is 24.1 Å². The van der Waals surface area contributed by atoms with E-state index in [1.54, 1.807) is 20.2 Å². The molecule has 2 saturated carbocycles. The molecule has 2 aromatic rings. The second-order valence-electron chi connectivity index (χ2n) is 12.3. The van der Waals surface area contributed by atoms with Gasteiger partial charge in [0.1, 0.15) is 11.5 Å². The summed E-state index contributed by atoms with van der Waals surface area (Å²) in [7, 11) is 7.11. The Morgan fingerprint density at radius 3 is 2.30 bits per heavy atom. The number of Topliss-reactive ketones (excluding diaryl/α,β-unsaturated/α-hetero) is 4. The number of ether oxygens (including phenoxy) is 1. The highest BCUT2D eigenvalue weighted by Crippen LogP contribution is 2.51. The minimum atomic E-state index is -2.74. The fraction of sp³-hybridized carbons (Fsp3) is 0.469. The molecule has 2 aromatic carbocycles. The highest BCUT2D eigenvalue weighted by Gasteiger charge is 2.69. The Bertz CT molecular complexity index is 1500. The summed E-state index contributed by atoms with van der Waals surface area (Å²) in [6.07, 6.45) is 1.06. The van der Waals surface area contributed by atoms with Crippen molar-refractivity contribution in [3.8, 4) is 22.6 Å². The Balaban J connectivity index is 1.51. The number of nitrogens with zero attached hydrogens (tertiary/aromatic N) is 2. The van der Waals surface area contributed by atoms with E-state index in [4.69, 9.17) is 10.5 Å². The Morgan fingerprint density at radius 2 is 1.70 bits per heavy atom. The third kappa shape index (κ3) is 4.95. The van der Waals surface area contributed by atoms with Gasteiger partial charge in [0, 0.05) is 12.5 Å². The van der Waals surface area contributed by atoms with Crippen LogP contribution in [0, 0.1) is 23.7 Å². The van der Waals surface area contributed by atoms with E-state index in [9.17, 15) is 34.2 Å². The number of phenolic OH excluding ortho intramolecular Hbond substituents is 1. The molecule has 4 N–H and O–H groups in total. The van der Waals surface area contributed by atoms with Crippen LogP contribution in [0.25, 0.3) is 11.1 Å². The van der Waals surface area contributed by atoms with E-state index in [1.165, 1.54) is 11.0 Å². The van der Waals surface area contributed by atoms with Crippen LogP contribution in [-0.4, -0.2) is 102 Å². The number of aliphatic hydroxyl groups is 1. The molecule has 228 valence electrons. The van der Waals surface area contributed by atoms with Gasteiger partial charge < -0.3 is 25.6 Å². The van der Waals surface area contributed by atoms with Crippen molar-refractivity contribution in [1.29, 1.82) is 0 Å². The van der Waals surface area contributed by atoms with E-state index in [0.29, 0.717) is 23.5 Å². The molecule has 1 amide bonds. The van der Waals surface area contributed by atoms with Gasteiger partial charge in [-0.15, -0.1) is 0 Å². The predicted octanol–water partition coefficient (Wildman–Crippen LogP) is 0.865. The number of nitrogens with two attached hydrogens (primary N) is 1. The molecule has 0 aromatic heterocycles. The fourth-order valence-electron chi connectivity index (χ4n) is 7.18. The molecular formula is C32H37N3O8. The van der Waals surface area contributed by atoms with E-state index in [0.717, 1.165) is 18.5 Å². The molecule has 11 nitrogen and oxygen atoms in total. The van der Waals surface area contributed by atoms with E-state index in [-0.39, 0.29) is 24.2 Å². The number of aromatic hydroxyl groups is 1. The number of likely N-dealkylation sites (N-methyl/N-ethyl adjacent to an activating group) is 1. The van der Waals surface area contributed by atoms with Crippen molar-refractivity contribution in [3.63, 3.8) is 0 Å². The zero-order valence-electron chi connectivity index (χ0n) is 24.7. The lowest BCUT2D eigenvalue weighted by Crippen LogP contribution is -2.74. The average molecular weight is 592 g/mol.